The number of phenols is 1. The molecular weight excluding hydrogens is 1410 g/mol. The number of phenolic OH excluding ortho intramolecular Hbond substituents is 1. The molecule has 0 aliphatic carbocycles. The van der Waals surface area contributed by atoms with Crippen molar-refractivity contribution in [1.82, 2.24) is 46.6 Å². The van der Waals surface area contributed by atoms with E-state index in [-0.39, 0.29) is 92.5 Å². The summed E-state index contributed by atoms with van der Waals surface area (Å²) in [6, 6.07) is 15.6. The fourth-order valence-electron chi connectivity index (χ4n) is 12.5. The van der Waals surface area contributed by atoms with Crippen LogP contribution in [0.1, 0.15) is 68.3 Å². The Hall–Kier alpha value is -7.76. The van der Waals surface area contributed by atoms with Crippen LogP contribution in [0.2, 0.25) is 0 Å². The normalized spacial score (nSPS) is 24.0. The third-order valence-corrected chi connectivity index (χ3v) is 19.1. The maximum absolute atomic E-state index is 14.8. The molecule has 0 radical (unpaired) electrons. The molecular formula is C68H94Cl3N13O17S. The van der Waals surface area contributed by atoms with Gasteiger partial charge in [-0.3, -0.25) is 33.6 Å². The summed E-state index contributed by atoms with van der Waals surface area (Å²) in [5, 5.41) is 102. The Balaban J connectivity index is 0.00000545. The largest absolute Gasteiger partial charge is 0.504 e. The first-order chi connectivity index (χ1) is 47.5. The number of carbonyl (C=O) groups is 7. The Labute approximate surface area is 613 Å². The van der Waals surface area contributed by atoms with E-state index in [2.05, 4.69) is 70.8 Å². The Bertz CT molecular complexity index is 3570. The molecule has 4 aromatic carbocycles. The van der Waals surface area contributed by atoms with Gasteiger partial charge in [-0.25, -0.2) is 0 Å². The number of nitrogens with two attached hydrogens (primary N) is 2. The third-order valence-electron chi connectivity index (χ3n) is 18.1. The Morgan fingerprint density at radius 3 is 1.84 bits per heavy atom. The van der Waals surface area contributed by atoms with E-state index in [1.54, 1.807) is 19.2 Å². The minimum atomic E-state index is -2.04. The quantitative estimate of drug-likeness (QED) is 0.0383. The third kappa shape index (κ3) is 21.2. The highest BCUT2D eigenvalue weighted by molar-refractivity contribution is 7.17. The number of fused-ring (bicyclic) bond motifs is 2. The summed E-state index contributed by atoms with van der Waals surface area (Å²) in [7, 11) is 1.69. The number of nitrogens with zero attached hydrogens (tertiary/aromatic N) is 6. The maximum atomic E-state index is 14.8. The number of nitrogens with one attached hydrogen (secondary N) is 5. The van der Waals surface area contributed by atoms with E-state index in [4.69, 9.17) is 25.7 Å². The van der Waals surface area contributed by atoms with Gasteiger partial charge in [-0.2, -0.15) is 0 Å². The minimum absolute atomic E-state index is 0. The molecule has 4 aliphatic heterocycles. The Morgan fingerprint density at radius 1 is 0.657 bits per heavy atom. The van der Waals surface area contributed by atoms with E-state index in [0.29, 0.717) is 35.2 Å². The summed E-state index contributed by atoms with van der Waals surface area (Å²) in [4.78, 5) is 108. The first kappa shape index (κ1) is 83.2. The van der Waals surface area contributed by atoms with Crippen LogP contribution in [0.5, 0.6) is 17.2 Å². The number of carbonyl (C=O) groups excluding carboxylic acids is 7. The topological polar surface area (TPSA) is 440 Å². The minimum Gasteiger partial charge on any atom is -0.504 e. The van der Waals surface area contributed by atoms with Gasteiger partial charge in [-0.05, 0) is 124 Å². The average molecular weight is 1500 g/mol. The first-order valence-corrected chi connectivity index (χ1v) is 34.2. The van der Waals surface area contributed by atoms with Crippen LogP contribution in [-0.2, 0) is 39.9 Å². The molecule has 34 heteroatoms. The number of β-amino-alcohol motifs (C(OH)–C–C–N with tert-alkyl or cyclic N) is 1. The molecule has 5 heterocycles. The molecule has 0 saturated carbocycles. The number of rotatable bonds is 23. The van der Waals surface area contributed by atoms with Gasteiger partial charge in [0.15, 0.2) is 11.5 Å². The Kier molecular flexibility index (Phi) is 32.0. The van der Waals surface area contributed by atoms with Crippen LogP contribution in [0.3, 0.4) is 0 Å². The van der Waals surface area contributed by atoms with Crippen molar-refractivity contribution in [2.75, 3.05) is 95.6 Å². The van der Waals surface area contributed by atoms with Crippen LogP contribution in [0, 0.1) is 5.92 Å². The second kappa shape index (κ2) is 39.2. The highest BCUT2D eigenvalue weighted by atomic mass is 35.5. The number of unbranched alkanes of at least 4 members (excludes halogenated alkanes) is 1. The number of aliphatic hydroxyl groups excluding tert-OH is 6. The number of amides is 7. The number of halogens is 3. The maximum Gasteiger partial charge on any atom is 0.251 e. The van der Waals surface area contributed by atoms with Crippen molar-refractivity contribution in [2.24, 2.45) is 17.4 Å². The van der Waals surface area contributed by atoms with Gasteiger partial charge in [-0.15, -0.1) is 47.4 Å². The lowest BCUT2D eigenvalue weighted by Gasteiger charge is -2.37. The standard InChI is InChI=1S/C68H91N13O17S.3ClH/c1-38-36-81-58(59(38)88)64(93)71-35-46(83)33-49(72-60(89)41-8-10-42(11-9-41)65-76-77-66(99-65)43-12-14-44(15-13-43)78-24-26-79(27-25-78)45-16-18-48(19-17-45)97-29-5-4-28-96-3)61(90)73-55(39(2)82)67(94)80-37-47(84)34-50(80)62(91)74-56(63(92)75-57(68(81)95)52(86)21-23-70)53(87)31-40-7-20-51(85)54(32-40)98-30-6-22-69;;;/h7-20,32,38-39,46-47,49-50,52-53,55-59,82-88H,4-6,21-31,33-37,69-70H2,1-3H3,(H,71,93)(H,72,89)(H,73,90)(H,74,91)(H,75,92);3*1H/t38-,39+,46+,47+,49-,50-,52+,53+,55-,56-,57-,58-,59-;;;/m0.../s1. The zero-order valence-corrected chi connectivity index (χ0v) is 60.1. The summed E-state index contributed by atoms with van der Waals surface area (Å²) in [6.45, 7) is 6.07. The predicted molar refractivity (Wildman–Crippen MR) is 386 cm³/mol. The lowest BCUT2D eigenvalue weighted by molar-refractivity contribution is -0.147. The van der Waals surface area contributed by atoms with E-state index in [9.17, 15) is 69.3 Å². The van der Waals surface area contributed by atoms with Crippen LogP contribution < -0.4 is 57.3 Å². The van der Waals surface area contributed by atoms with Crippen molar-refractivity contribution in [2.45, 2.75) is 132 Å². The molecule has 0 unspecified atom stereocenters. The van der Waals surface area contributed by atoms with Crippen LogP contribution in [-0.4, -0.2) is 256 Å². The van der Waals surface area contributed by atoms with Gasteiger partial charge < -0.3 is 108 Å². The molecule has 9 rings (SSSR count). The molecule has 4 fully saturated rings. The van der Waals surface area contributed by atoms with Crippen LogP contribution >= 0.6 is 48.6 Å². The smallest absolute Gasteiger partial charge is 0.251 e. The lowest BCUT2D eigenvalue weighted by atomic mass is 9.98. The predicted octanol–water partition coefficient (Wildman–Crippen LogP) is 0.00000000000000899. The fraction of sp³-hybridized carbons (Fsp3) is 0.515. The van der Waals surface area contributed by atoms with Crippen molar-refractivity contribution in [3.05, 3.63) is 102 Å². The highest BCUT2D eigenvalue weighted by Gasteiger charge is 2.50. The number of aliphatic hydroxyl groups is 6. The molecule has 102 heavy (non-hydrogen) atoms. The van der Waals surface area contributed by atoms with E-state index in [0.717, 1.165) is 78.4 Å². The molecule has 16 N–H and O–H groups in total. The number of aromatic hydroxyl groups is 1. The molecule has 4 aliphatic rings. The molecule has 13 atom stereocenters. The van der Waals surface area contributed by atoms with Crippen LogP contribution in [0.4, 0.5) is 11.4 Å². The second-order valence-electron chi connectivity index (χ2n) is 25.4. The van der Waals surface area contributed by atoms with Gasteiger partial charge in [0, 0.05) is 113 Å². The van der Waals surface area contributed by atoms with E-state index < -0.39 is 152 Å². The number of anilines is 2. The molecule has 4 saturated heterocycles. The first-order valence-electron chi connectivity index (χ1n) is 33.4. The molecule has 7 amide bonds. The van der Waals surface area contributed by atoms with Crippen molar-refractivity contribution >= 4 is 101 Å². The van der Waals surface area contributed by atoms with Crippen molar-refractivity contribution < 1.29 is 83.5 Å². The van der Waals surface area contributed by atoms with Gasteiger partial charge in [0.1, 0.15) is 52.0 Å². The number of hydrogen-bond acceptors (Lipinski definition) is 24. The van der Waals surface area contributed by atoms with Gasteiger partial charge in [0.05, 0.1) is 49.8 Å². The number of benzene rings is 4. The van der Waals surface area contributed by atoms with E-state index >= 15 is 0 Å². The molecule has 5 aromatic rings. The molecule has 560 valence electrons. The zero-order valence-electron chi connectivity index (χ0n) is 56.8. The molecule has 30 nitrogen and oxygen atoms in total. The van der Waals surface area contributed by atoms with Gasteiger partial charge in [0.2, 0.25) is 35.4 Å². The van der Waals surface area contributed by atoms with Crippen LogP contribution in [0.25, 0.3) is 21.1 Å². The summed E-state index contributed by atoms with van der Waals surface area (Å²) >= 11 is 1.33. The Morgan fingerprint density at radius 2 is 1.24 bits per heavy atom. The van der Waals surface area contributed by atoms with Crippen LogP contribution in [0.15, 0.2) is 91.0 Å². The summed E-state index contributed by atoms with van der Waals surface area (Å²) in [5.41, 5.74) is 15.4. The van der Waals surface area contributed by atoms with Gasteiger partial charge in [-0.1, -0.05) is 36.5 Å². The lowest BCUT2D eigenvalue weighted by Crippen LogP contribution is -2.64. The summed E-state index contributed by atoms with van der Waals surface area (Å²) < 4.78 is 16.7. The summed E-state index contributed by atoms with van der Waals surface area (Å²) in [6.07, 6.45) is -9.58. The monoisotopic (exact) mass is 1500 g/mol. The number of piperazine rings is 1. The SMILES string of the molecule is COCCCCOc1ccc(N2CCN(c3ccc(-c4nnc(-c5ccc(C(=O)N[C@H]6C[C@@H](O)CNC(=O)[C@@H]7[C@@H](O)[C@@H](C)CN7C(=O)[C@H]([C@H](O)CCN)NC(=O)[C@H]([C@H](O)Cc7ccc(O)c(OCCCN)c7)NC(=O)[C@@H]7C[C@@H](O)CN7C(=O)[C@H]([C@@H](C)O)NC6=O)cc5)s4)cc3)CC2)cc1.Cl.Cl.Cl. The van der Waals surface area contributed by atoms with E-state index in [1.165, 1.54) is 48.6 Å². The fourth-order valence-corrected chi connectivity index (χ4v) is 13.3. The van der Waals surface area contributed by atoms with Crippen molar-refractivity contribution in [3.8, 4) is 38.4 Å². The second-order valence-corrected chi connectivity index (χ2v) is 26.4. The van der Waals surface area contributed by atoms with Gasteiger partial charge >= 0.3 is 0 Å². The molecule has 1 aromatic heterocycles. The molecule has 0 bridgehead atoms. The van der Waals surface area contributed by atoms with Crippen molar-refractivity contribution in [3.63, 3.8) is 0 Å². The highest BCUT2D eigenvalue weighted by Crippen LogP contribution is 2.34. The zero-order chi connectivity index (χ0) is 71.0. The van der Waals surface area contributed by atoms with Crippen molar-refractivity contribution in [1.29, 1.82) is 0 Å². The number of methoxy groups -OCH3 is 1. The number of aromatic nitrogens is 2. The average Bonchev–Trinajstić information content (AvgIpc) is 1.53. The number of hydrogen-bond donors (Lipinski definition) is 14. The number of ether oxygens (including phenoxy) is 3. The van der Waals surface area contributed by atoms with E-state index in [1.807, 2.05) is 24.3 Å². The van der Waals surface area contributed by atoms with Gasteiger partial charge in [0.25, 0.3) is 5.91 Å². The molecule has 0 spiro atoms. The summed E-state index contributed by atoms with van der Waals surface area (Å²) in [5.74, 6) is -7.76.